The van der Waals surface area contributed by atoms with Crippen molar-refractivity contribution in [1.82, 2.24) is 0 Å². The van der Waals surface area contributed by atoms with Crippen LogP contribution in [0.5, 0.6) is 0 Å². The van der Waals surface area contributed by atoms with Gasteiger partial charge in [-0.2, -0.15) is 0 Å². The number of para-hydroxylation sites is 1. The lowest BCUT2D eigenvalue weighted by molar-refractivity contribution is -0.919. The van der Waals surface area contributed by atoms with Gasteiger partial charge in [-0.3, -0.25) is 10.1 Å². The summed E-state index contributed by atoms with van der Waals surface area (Å²) < 4.78 is 0.824. The predicted octanol–water partition coefficient (Wildman–Crippen LogP) is 2.58. The van der Waals surface area contributed by atoms with Crippen molar-refractivity contribution in [2.24, 2.45) is 0 Å². The zero-order chi connectivity index (χ0) is 12.2. The first kappa shape index (κ1) is 12.6. The van der Waals surface area contributed by atoms with Crippen LogP contribution < -0.4 is 0 Å². The third-order valence-corrected chi connectivity index (χ3v) is 3.27. The summed E-state index contributed by atoms with van der Waals surface area (Å²) >= 11 is 0. The van der Waals surface area contributed by atoms with Gasteiger partial charge in [-0.05, 0) is 19.9 Å². The molecule has 0 N–H and O–H groups in total. The second-order valence-corrected chi connectivity index (χ2v) is 4.30. The minimum absolute atomic E-state index is 0.230. The Morgan fingerprint density at radius 3 is 2.31 bits per heavy atom. The van der Waals surface area contributed by atoms with Gasteiger partial charge in [0.25, 0.3) is 5.69 Å². The van der Waals surface area contributed by atoms with Crippen LogP contribution in [-0.2, 0) is 6.54 Å². The smallest absolute Gasteiger partial charge is 0.278 e. The maximum absolute atomic E-state index is 10.9. The fourth-order valence-corrected chi connectivity index (χ4v) is 1.68. The first-order valence-electron chi connectivity index (χ1n) is 5.58. The van der Waals surface area contributed by atoms with E-state index in [9.17, 15) is 10.1 Å². The fraction of sp³-hybridized carbons (Fsp3) is 0.500. The number of benzene rings is 1. The molecular weight excluding hydrogens is 204 g/mol. The van der Waals surface area contributed by atoms with Crippen molar-refractivity contribution >= 4 is 5.69 Å². The van der Waals surface area contributed by atoms with E-state index in [2.05, 4.69) is 20.9 Å². The number of nitro groups is 1. The quantitative estimate of drug-likeness (QED) is 0.437. The number of rotatable bonds is 5. The van der Waals surface area contributed by atoms with Crippen molar-refractivity contribution in [2.75, 3.05) is 20.1 Å². The highest BCUT2D eigenvalue weighted by atomic mass is 16.6. The fourth-order valence-electron chi connectivity index (χ4n) is 1.68. The van der Waals surface area contributed by atoms with Gasteiger partial charge >= 0.3 is 0 Å². The molecule has 0 aliphatic carbocycles. The Hall–Kier alpha value is -1.42. The highest BCUT2D eigenvalue weighted by molar-refractivity contribution is 5.39. The molecule has 0 aliphatic heterocycles. The number of quaternary nitrogens is 1. The Labute approximate surface area is 96.2 Å². The first-order chi connectivity index (χ1) is 7.52. The largest absolute Gasteiger partial charge is 0.323 e. The summed E-state index contributed by atoms with van der Waals surface area (Å²) in [5, 5.41) is 10.9. The highest BCUT2D eigenvalue weighted by Crippen LogP contribution is 2.21. The Morgan fingerprint density at radius 2 is 1.81 bits per heavy atom. The van der Waals surface area contributed by atoms with E-state index in [0.29, 0.717) is 6.54 Å². The maximum Gasteiger partial charge on any atom is 0.278 e. The van der Waals surface area contributed by atoms with Gasteiger partial charge in [0.15, 0.2) is 0 Å². The van der Waals surface area contributed by atoms with Crippen LogP contribution in [0.25, 0.3) is 0 Å². The van der Waals surface area contributed by atoms with E-state index in [1.54, 1.807) is 12.1 Å². The maximum atomic E-state index is 10.9. The number of hydrogen-bond donors (Lipinski definition) is 0. The van der Waals surface area contributed by atoms with Crippen LogP contribution in [0.4, 0.5) is 5.69 Å². The zero-order valence-electron chi connectivity index (χ0n) is 10.1. The van der Waals surface area contributed by atoms with E-state index in [0.717, 1.165) is 23.1 Å². The number of nitrogens with zero attached hydrogens (tertiary/aromatic N) is 2. The molecule has 4 nitrogen and oxygen atoms in total. The standard InChI is InChI=1S/C12H19N2O2/c1-4-14(3,5-2)10-11-8-6-7-9-12(11)13(15)16/h6-9H,4-5,10H2,1-3H3/q+1. The molecule has 0 aliphatic rings. The zero-order valence-corrected chi connectivity index (χ0v) is 10.1. The van der Waals surface area contributed by atoms with Crippen LogP contribution in [0.15, 0.2) is 24.3 Å². The Balaban J connectivity index is 3.01. The van der Waals surface area contributed by atoms with E-state index in [1.165, 1.54) is 0 Å². The summed E-state index contributed by atoms with van der Waals surface area (Å²) in [5.41, 5.74) is 1.05. The van der Waals surface area contributed by atoms with Gasteiger partial charge in [0.05, 0.1) is 30.6 Å². The van der Waals surface area contributed by atoms with E-state index in [-0.39, 0.29) is 10.6 Å². The van der Waals surface area contributed by atoms with E-state index in [1.807, 2.05) is 12.1 Å². The third-order valence-electron chi connectivity index (χ3n) is 3.27. The molecule has 4 heteroatoms. The van der Waals surface area contributed by atoms with Crippen LogP contribution in [0.3, 0.4) is 0 Å². The lowest BCUT2D eigenvalue weighted by Crippen LogP contribution is -2.42. The summed E-state index contributed by atoms with van der Waals surface area (Å²) in [6, 6.07) is 6.99. The average molecular weight is 223 g/mol. The molecule has 0 amide bonds. The molecule has 0 saturated heterocycles. The normalized spacial score (nSPS) is 11.4. The Kier molecular flexibility index (Phi) is 4.01. The molecule has 1 aromatic rings. The molecule has 0 unspecified atom stereocenters. The van der Waals surface area contributed by atoms with Gasteiger partial charge in [-0.25, -0.2) is 0 Å². The summed E-state index contributed by atoms with van der Waals surface area (Å²) in [6.07, 6.45) is 0. The molecule has 0 heterocycles. The van der Waals surface area contributed by atoms with E-state index >= 15 is 0 Å². The van der Waals surface area contributed by atoms with Gasteiger partial charge in [0.1, 0.15) is 6.54 Å². The summed E-state index contributed by atoms with van der Waals surface area (Å²) in [4.78, 5) is 10.6. The molecule has 0 bridgehead atoms. The van der Waals surface area contributed by atoms with Crippen molar-refractivity contribution < 1.29 is 9.41 Å². The van der Waals surface area contributed by atoms with Crippen molar-refractivity contribution in [1.29, 1.82) is 0 Å². The molecule has 1 rings (SSSR count). The highest BCUT2D eigenvalue weighted by Gasteiger charge is 2.22. The molecule has 0 atom stereocenters. The third kappa shape index (κ3) is 2.79. The molecule has 16 heavy (non-hydrogen) atoms. The van der Waals surface area contributed by atoms with Gasteiger partial charge in [-0.1, -0.05) is 12.1 Å². The predicted molar refractivity (Wildman–Crippen MR) is 64.1 cm³/mol. The molecule has 0 fully saturated rings. The van der Waals surface area contributed by atoms with Gasteiger partial charge in [-0.15, -0.1) is 0 Å². The van der Waals surface area contributed by atoms with Gasteiger partial charge in [0.2, 0.25) is 0 Å². The van der Waals surface area contributed by atoms with Crippen molar-refractivity contribution in [3.63, 3.8) is 0 Å². The van der Waals surface area contributed by atoms with Crippen molar-refractivity contribution in [2.45, 2.75) is 20.4 Å². The van der Waals surface area contributed by atoms with Gasteiger partial charge in [0, 0.05) is 6.07 Å². The first-order valence-corrected chi connectivity index (χ1v) is 5.58. The monoisotopic (exact) mass is 223 g/mol. The number of hydrogen-bond acceptors (Lipinski definition) is 2. The van der Waals surface area contributed by atoms with Gasteiger partial charge < -0.3 is 4.48 Å². The molecule has 88 valence electrons. The molecule has 0 radical (unpaired) electrons. The molecule has 0 saturated carbocycles. The lowest BCUT2D eigenvalue weighted by atomic mass is 10.1. The average Bonchev–Trinajstić information content (AvgIpc) is 2.29. The van der Waals surface area contributed by atoms with Crippen LogP contribution in [0, 0.1) is 10.1 Å². The van der Waals surface area contributed by atoms with Crippen molar-refractivity contribution in [3.8, 4) is 0 Å². The van der Waals surface area contributed by atoms with Crippen LogP contribution >= 0.6 is 0 Å². The second-order valence-electron chi connectivity index (χ2n) is 4.30. The Morgan fingerprint density at radius 1 is 1.25 bits per heavy atom. The molecular formula is C12H19N2O2+. The minimum atomic E-state index is -0.301. The summed E-state index contributed by atoms with van der Waals surface area (Å²) in [6.45, 7) is 6.88. The SMILES string of the molecule is CC[N+](C)(CC)Cc1ccccc1[N+](=O)[O-]. The van der Waals surface area contributed by atoms with E-state index in [4.69, 9.17) is 0 Å². The van der Waals surface area contributed by atoms with Crippen molar-refractivity contribution in [3.05, 3.63) is 39.9 Å². The molecule has 0 spiro atoms. The van der Waals surface area contributed by atoms with Crippen LogP contribution in [0.2, 0.25) is 0 Å². The van der Waals surface area contributed by atoms with Crippen LogP contribution in [0.1, 0.15) is 19.4 Å². The molecule has 1 aromatic carbocycles. The number of nitro benzene ring substituents is 1. The second kappa shape index (κ2) is 5.07. The topological polar surface area (TPSA) is 43.1 Å². The molecule has 0 aromatic heterocycles. The minimum Gasteiger partial charge on any atom is -0.323 e. The van der Waals surface area contributed by atoms with Crippen LogP contribution in [-0.4, -0.2) is 29.5 Å². The van der Waals surface area contributed by atoms with E-state index < -0.39 is 0 Å². The lowest BCUT2D eigenvalue weighted by Gasteiger charge is -2.31. The summed E-state index contributed by atoms with van der Waals surface area (Å²) in [7, 11) is 2.12. The Bertz CT molecular complexity index is 373. The summed E-state index contributed by atoms with van der Waals surface area (Å²) in [5.74, 6) is 0.